The van der Waals surface area contributed by atoms with E-state index in [9.17, 15) is 4.79 Å². The molecule has 1 amide bonds. The van der Waals surface area contributed by atoms with Gasteiger partial charge in [-0.2, -0.15) is 0 Å². The summed E-state index contributed by atoms with van der Waals surface area (Å²) in [6.07, 6.45) is 4.66. The fraction of sp³-hybridized carbons (Fsp3) is 0.500. The van der Waals surface area contributed by atoms with Crippen LogP contribution in [-0.2, 0) is 6.42 Å². The third-order valence-corrected chi connectivity index (χ3v) is 4.53. The van der Waals surface area contributed by atoms with Crippen LogP contribution in [0.4, 0.5) is 5.82 Å². The molecule has 2 aromatic heterocycles. The number of anilines is 1. The monoisotopic (exact) mass is 328 g/mol. The van der Waals surface area contributed by atoms with E-state index >= 15 is 0 Å². The highest BCUT2D eigenvalue weighted by molar-refractivity contribution is 5.92. The largest absolute Gasteiger partial charge is 0.363 e. The van der Waals surface area contributed by atoms with Gasteiger partial charge in [0.25, 0.3) is 5.91 Å². The zero-order chi connectivity index (χ0) is 17.1. The van der Waals surface area contributed by atoms with E-state index in [0.29, 0.717) is 18.2 Å². The highest BCUT2D eigenvalue weighted by Crippen LogP contribution is 2.29. The first kappa shape index (κ1) is 16.5. The van der Waals surface area contributed by atoms with Gasteiger partial charge in [0.2, 0.25) is 0 Å². The maximum absolute atomic E-state index is 12.7. The van der Waals surface area contributed by atoms with Gasteiger partial charge in [-0.1, -0.05) is 12.1 Å². The zero-order valence-electron chi connectivity index (χ0n) is 14.5. The summed E-state index contributed by atoms with van der Waals surface area (Å²) in [5, 5.41) is 3.91. The predicted molar refractivity (Wildman–Crippen MR) is 92.3 cm³/mol. The number of carbonyl (C=O) groups excluding carboxylic acids is 1. The number of rotatable bonds is 4. The van der Waals surface area contributed by atoms with Crippen molar-refractivity contribution in [1.82, 2.24) is 15.0 Å². The van der Waals surface area contributed by atoms with Crippen molar-refractivity contribution in [2.75, 3.05) is 32.1 Å². The van der Waals surface area contributed by atoms with Gasteiger partial charge in [0, 0.05) is 51.8 Å². The maximum atomic E-state index is 12.7. The van der Waals surface area contributed by atoms with E-state index < -0.39 is 0 Å². The summed E-state index contributed by atoms with van der Waals surface area (Å²) in [7, 11) is 3.97. The van der Waals surface area contributed by atoms with Crippen LogP contribution in [0.25, 0.3) is 0 Å². The number of hydrogen-bond acceptors (Lipinski definition) is 5. The summed E-state index contributed by atoms with van der Waals surface area (Å²) in [6, 6.07) is 5.92. The second kappa shape index (κ2) is 7.03. The molecule has 1 fully saturated rings. The lowest BCUT2D eigenvalue weighted by Crippen LogP contribution is -2.39. The van der Waals surface area contributed by atoms with Crippen molar-refractivity contribution in [3.8, 4) is 0 Å². The molecule has 0 saturated carbocycles. The minimum atomic E-state index is -0.0370. The first-order valence-corrected chi connectivity index (χ1v) is 8.46. The molecule has 1 aliphatic rings. The Morgan fingerprint density at radius 2 is 2.25 bits per heavy atom. The first-order valence-electron chi connectivity index (χ1n) is 8.46. The Bertz CT molecular complexity index is 711. The van der Waals surface area contributed by atoms with Gasteiger partial charge >= 0.3 is 0 Å². The number of aryl methyl sites for hydroxylation is 1. The average Bonchev–Trinajstić information content (AvgIpc) is 3.10. The molecule has 3 rings (SSSR count). The Balaban J connectivity index is 1.74. The van der Waals surface area contributed by atoms with Crippen LogP contribution in [0.1, 0.15) is 47.5 Å². The van der Waals surface area contributed by atoms with Crippen molar-refractivity contribution in [1.29, 1.82) is 0 Å². The Kier molecular flexibility index (Phi) is 4.83. The van der Waals surface area contributed by atoms with E-state index in [1.54, 1.807) is 6.07 Å². The number of piperidine rings is 1. The zero-order valence-corrected chi connectivity index (χ0v) is 14.5. The third kappa shape index (κ3) is 3.42. The van der Waals surface area contributed by atoms with Crippen LogP contribution < -0.4 is 4.90 Å². The minimum Gasteiger partial charge on any atom is -0.363 e. The first-order chi connectivity index (χ1) is 11.6. The number of hydrogen-bond donors (Lipinski definition) is 0. The van der Waals surface area contributed by atoms with Gasteiger partial charge in [-0.05, 0) is 30.5 Å². The van der Waals surface area contributed by atoms with Gasteiger partial charge < -0.3 is 14.3 Å². The Hall–Kier alpha value is -2.37. The molecule has 0 aromatic carbocycles. The van der Waals surface area contributed by atoms with Crippen molar-refractivity contribution >= 4 is 11.7 Å². The fourth-order valence-corrected chi connectivity index (χ4v) is 3.11. The number of amides is 1. The lowest BCUT2D eigenvalue weighted by Gasteiger charge is -2.32. The normalized spacial score (nSPS) is 17.8. The van der Waals surface area contributed by atoms with E-state index in [0.717, 1.165) is 37.4 Å². The second-order valence-electron chi connectivity index (χ2n) is 6.46. The van der Waals surface area contributed by atoms with Crippen molar-refractivity contribution in [3.05, 3.63) is 41.4 Å². The molecule has 0 aliphatic carbocycles. The fourth-order valence-electron chi connectivity index (χ4n) is 3.11. The molecule has 24 heavy (non-hydrogen) atoms. The summed E-state index contributed by atoms with van der Waals surface area (Å²) in [6.45, 7) is 3.47. The second-order valence-corrected chi connectivity index (χ2v) is 6.46. The number of carbonyl (C=O) groups is 1. The Morgan fingerprint density at radius 3 is 2.96 bits per heavy atom. The molecule has 1 saturated heterocycles. The topological polar surface area (TPSA) is 62.5 Å². The van der Waals surface area contributed by atoms with Crippen LogP contribution in [0.3, 0.4) is 0 Å². The van der Waals surface area contributed by atoms with E-state index in [-0.39, 0.29) is 5.91 Å². The summed E-state index contributed by atoms with van der Waals surface area (Å²) in [4.78, 5) is 20.9. The highest BCUT2D eigenvalue weighted by Gasteiger charge is 2.27. The number of aromatic nitrogens is 2. The number of nitrogens with zero attached hydrogens (tertiary/aromatic N) is 4. The van der Waals surface area contributed by atoms with Crippen LogP contribution in [0, 0.1) is 0 Å². The summed E-state index contributed by atoms with van der Waals surface area (Å²) < 4.78 is 5.17. The quantitative estimate of drug-likeness (QED) is 0.863. The van der Waals surface area contributed by atoms with E-state index in [1.807, 2.05) is 37.0 Å². The Morgan fingerprint density at radius 1 is 1.42 bits per heavy atom. The molecule has 6 heteroatoms. The smallest absolute Gasteiger partial charge is 0.276 e. The molecule has 6 nitrogen and oxygen atoms in total. The lowest BCUT2D eigenvalue weighted by molar-refractivity contribution is 0.0696. The summed E-state index contributed by atoms with van der Waals surface area (Å²) in [5.41, 5.74) is 1.65. The molecular formula is C18H24N4O2. The van der Waals surface area contributed by atoms with E-state index in [2.05, 4.69) is 22.3 Å². The van der Waals surface area contributed by atoms with Crippen LogP contribution in [0.15, 0.2) is 28.9 Å². The predicted octanol–water partition coefficient (Wildman–Crippen LogP) is 2.72. The highest BCUT2D eigenvalue weighted by atomic mass is 16.5. The van der Waals surface area contributed by atoms with Gasteiger partial charge in [0.05, 0.1) is 0 Å². The van der Waals surface area contributed by atoms with Gasteiger partial charge in [-0.3, -0.25) is 4.79 Å². The van der Waals surface area contributed by atoms with Crippen LogP contribution in [0.5, 0.6) is 0 Å². The molecule has 0 spiro atoms. The van der Waals surface area contributed by atoms with Gasteiger partial charge in [0.1, 0.15) is 11.6 Å². The van der Waals surface area contributed by atoms with Crippen molar-refractivity contribution in [3.63, 3.8) is 0 Å². The van der Waals surface area contributed by atoms with Crippen molar-refractivity contribution < 1.29 is 9.32 Å². The van der Waals surface area contributed by atoms with Crippen LogP contribution >= 0.6 is 0 Å². The average molecular weight is 328 g/mol. The van der Waals surface area contributed by atoms with E-state index in [1.165, 1.54) is 5.56 Å². The minimum absolute atomic E-state index is 0.0370. The molecule has 1 atom stereocenters. The number of pyridine rings is 1. The van der Waals surface area contributed by atoms with Crippen LogP contribution in [-0.4, -0.2) is 48.1 Å². The van der Waals surface area contributed by atoms with Gasteiger partial charge in [-0.25, -0.2) is 4.98 Å². The Labute approximate surface area is 142 Å². The molecule has 2 aromatic rings. The molecule has 128 valence electrons. The number of likely N-dealkylation sites (tertiary alicyclic amines) is 1. The maximum Gasteiger partial charge on any atom is 0.276 e. The molecule has 3 heterocycles. The third-order valence-electron chi connectivity index (χ3n) is 4.53. The van der Waals surface area contributed by atoms with Gasteiger partial charge in [-0.15, -0.1) is 0 Å². The molecule has 0 bridgehead atoms. The molecule has 0 radical (unpaired) electrons. The van der Waals surface area contributed by atoms with E-state index in [4.69, 9.17) is 4.52 Å². The van der Waals surface area contributed by atoms with Gasteiger partial charge in [0.15, 0.2) is 5.69 Å². The van der Waals surface area contributed by atoms with Crippen molar-refractivity contribution in [2.45, 2.75) is 32.1 Å². The molecule has 1 aliphatic heterocycles. The SMILES string of the molecule is CCc1cc(C(=O)N2CCCC(c3ccnc(N(C)C)c3)C2)no1. The molecule has 1 unspecified atom stereocenters. The molecule has 0 N–H and O–H groups in total. The standard InChI is InChI=1S/C18H24N4O2/c1-4-15-11-16(20-24-15)18(23)22-9-5-6-14(12-22)13-7-8-19-17(10-13)21(2)3/h7-8,10-11,14H,4-6,9,12H2,1-3H3. The summed E-state index contributed by atoms with van der Waals surface area (Å²) in [5.74, 6) is 1.99. The van der Waals surface area contributed by atoms with Crippen LogP contribution in [0.2, 0.25) is 0 Å². The van der Waals surface area contributed by atoms with Crippen molar-refractivity contribution in [2.24, 2.45) is 0 Å². The molecular weight excluding hydrogens is 304 g/mol. The summed E-state index contributed by atoms with van der Waals surface area (Å²) >= 11 is 0. The lowest BCUT2D eigenvalue weighted by atomic mass is 9.91.